The van der Waals surface area contributed by atoms with Crippen molar-refractivity contribution < 1.29 is 18.0 Å². The standard InChI is InChI=1S/C16H20BrN3O4S/c1-25(23,24)19-8-6-18(7-9-19)16(22)12-10-15(21)20(11-12)14-4-2-13(17)3-5-14/h2-5,12H,6-11H2,1H3/t12-/m0/s1. The van der Waals surface area contributed by atoms with E-state index in [1.54, 1.807) is 9.80 Å². The highest BCUT2D eigenvalue weighted by Crippen LogP contribution is 2.27. The molecule has 3 rings (SSSR count). The highest BCUT2D eigenvalue weighted by Gasteiger charge is 2.38. The van der Waals surface area contributed by atoms with Gasteiger partial charge in [-0.05, 0) is 24.3 Å². The van der Waals surface area contributed by atoms with Crippen LogP contribution in [0.1, 0.15) is 6.42 Å². The number of piperazine rings is 1. The van der Waals surface area contributed by atoms with Crippen LogP contribution in [-0.2, 0) is 19.6 Å². The fourth-order valence-corrected chi connectivity index (χ4v) is 4.33. The summed E-state index contributed by atoms with van der Waals surface area (Å²) in [4.78, 5) is 28.3. The molecule has 2 aliphatic heterocycles. The fraction of sp³-hybridized carbons (Fsp3) is 0.500. The lowest BCUT2D eigenvalue weighted by atomic mass is 10.1. The van der Waals surface area contributed by atoms with Crippen LogP contribution in [0, 0.1) is 5.92 Å². The largest absolute Gasteiger partial charge is 0.340 e. The van der Waals surface area contributed by atoms with Gasteiger partial charge in [-0.3, -0.25) is 9.59 Å². The molecule has 0 aliphatic carbocycles. The Morgan fingerprint density at radius 1 is 1.12 bits per heavy atom. The first-order chi connectivity index (χ1) is 11.8. The van der Waals surface area contributed by atoms with Gasteiger partial charge in [-0.25, -0.2) is 8.42 Å². The van der Waals surface area contributed by atoms with Crippen LogP contribution in [0.25, 0.3) is 0 Å². The Labute approximate surface area is 155 Å². The molecule has 0 N–H and O–H groups in total. The molecule has 0 aromatic heterocycles. The predicted octanol–water partition coefficient (Wildman–Crippen LogP) is 0.906. The summed E-state index contributed by atoms with van der Waals surface area (Å²) in [5.41, 5.74) is 0.783. The van der Waals surface area contributed by atoms with Crippen LogP contribution in [0.2, 0.25) is 0 Å². The second kappa shape index (κ2) is 7.05. The van der Waals surface area contributed by atoms with Gasteiger partial charge < -0.3 is 9.80 Å². The summed E-state index contributed by atoms with van der Waals surface area (Å²) in [6, 6.07) is 7.42. The van der Waals surface area contributed by atoms with E-state index < -0.39 is 10.0 Å². The van der Waals surface area contributed by atoms with Crippen LogP contribution < -0.4 is 4.90 Å². The van der Waals surface area contributed by atoms with Gasteiger partial charge >= 0.3 is 0 Å². The average molecular weight is 430 g/mol. The summed E-state index contributed by atoms with van der Waals surface area (Å²) in [7, 11) is -3.22. The molecule has 0 spiro atoms. The highest BCUT2D eigenvalue weighted by molar-refractivity contribution is 9.10. The van der Waals surface area contributed by atoms with Gasteiger partial charge in [0.1, 0.15) is 0 Å². The normalized spacial score (nSPS) is 22.5. The van der Waals surface area contributed by atoms with E-state index in [9.17, 15) is 18.0 Å². The molecular formula is C16H20BrN3O4S. The van der Waals surface area contributed by atoms with E-state index in [-0.39, 0.29) is 24.2 Å². The van der Waals surface area contributed by atoms with Crippen LogP contribution in [0.4, 0.5) is 5.69 Å². The van der Waals surface area contributed by atoms with E-state index >= 15 is 0 Å². The van der Waals surface area contributed by atoms with Crippen molar-refractivity contribution in [3.8, 4) is 0 Å². The van der Waals surface area contributed by atoms with Crippen LogP contribution in [-0.4, -0.2) is 68.4 Å². The second-order valence-corrected chi connectivity index (χ2v) is 9.27. The third-order valence-corrected chi connectivity index (χ3v) is 6.46. The number of carbonyl (C=O) groups is 2. The van der Waals surface area contributed by atoms with E-state index in [2.05, 4.69) is 15.9 Å². The van der Waals surface area contributed by atoms with Gasteiger partial charge in [0.05, 0.1) is 12.2 Å². The summed E-state index contributed by atoms with van der Waals surface area (Å²) >= 11 is 3.36. The molecule has 0 saturated carbocycles. The van der Waals surface area contributed by atoms with Crippen molar-refractivity contribution in [3.63, 3.8) is 0 Å². The number of carbonyl (C=O) groups excluding carboxylic acids is 2. The van der Waals surface area contributed by atoms with E-state index in [0.717, 1.165) is 10.2 Å². The molecule has 25 heavy (non-hydrogen) atoms. The first kappa shape index (κ1) is 18.3. The lowest BCUT2D eigenvalue weighted by molar-refractivity contribution is -0.136. The van der Waals surface area contributed by atoms with Crippen LogP contribution in [0.3, 0.4) is 0 Å². The van der Waals surface area contributed by atoms with Crippen molar-refractivity contribution in [1.82, 2.24) is 9.21 Å². The van der Waals surface area contributed by atoms with E-state index in [0.29, 0.717) is 32.7 Å². The molecule has 136 valence electrons. The maximum atomic E-state index is 12.7. The fourth-order valence-electron chi connectivity index (χ4n) is 3.24. The number of nitrogens with zero attached hydrogens (tertiary/aromatic N) is 3. The minimum Gasteiger partial charge on any atom is -0.340 e. The molecule has 1 aromatic carbocycles. The second-order valence-electron chi connectivity index (χ2n) is 6.37. The third-order valence-electron chi connectivity index (χ3n) is 4.63. The average Bonchev–Trinajstić information content (AvgIpc) is 2.96. The van der Waals surface area contributed by atoms with Gasteiger partial charge in [-0.15, -0.1) is 0 Å². The lowest BCUT2D eigenvalue weighted by Gasteiger charge is -2.34. The summed E-state index contributed by atoms with van der Waals surface area (Å²) in [5.74, 6) is -0.502. The number of amides is 2. The molecule has 7 nitrogen and oxygen atoms in total. The number of sulfonamides is 1. The van der Waals surface area contributed by atoms with Crippen LogP contribution >= 0.6 is 15.9 Å². The van der Waals surface area contributed by atoms with Gasteiger partial charge in [0, 0.05) is 49.3 Å². The third kappa shape index (κ3) is 4.04. The van der Waals surface area contributed by atoms with Gasteiger partial charge in [0.2, 0.25) is 21.8 Å². The van der Waals surface area contributed by atoms with E-state index in [4.69, 9.17) is 0 Å². The predicted molar refractivity (Wildman–Crippen MR) is 97.6 cm³/mol. The molecule has 9 heteroatoms. The van der Waals surface area contributed by atoms with Crippen molar-refractivity contribution in [2.45, 2.75) is 6.42 Å². The molecular weight excluding hydrogens is 410 g/mol. The van der Waals surface area contributed by atoms with Crippen LogP contribution in [0.15, 0.2) is 28.7 Å². The molecule has 2 aliphatic rings. The number of anilines is 1. The van der Waals surface area contributed by atoms with E-state index in [1.807, 2.05) is 24.3 Å². The molecule has 0 radical (unpaired) electrons. The Morgan fingerprint density at radius 3 is 2.28 bits per heavy atom. The Balaban J connectivity index is 1.63. The zero-order valence-corrected chi connectivity index (χ0v) is 16.3. The lowest BCUT2D eigenvalue weighted by Crippen LogP contribution is -2.51. The first-order valence-corrected chi connectivity index (χ1v) is 10.7. The molecule has 1 aromatic rings. The van der Waals surface area contributed by atoms with Crippen molar-refractivity contribution in [2.24, 2.45) is 5.92 Å². The molecule has 2 amide bonds. The van der Waals surface area contributed by atoms with E-state index in [1.165, 1.54) is 10.6 Å². The smallest absolute Gasteiger partial charge is 0.228 e. The number of rotatable bonds is 3. The zero-order chi connectivity index (χ0) is 18.2. The highest BCUT2D eigenvalue weighted by atomic mass is 79.9. The molecule has 1 atom stereocenters. The maximum absolute atomic E-state index is 12.7. The molecule has 0 unspecified atom stereocenters. The first-order valence-electron chi connectivity index (χ1n) is 8.05. The minimum atomic E-state index is -3.22. The van der Waals surface area contributed by atoms with Gasteiger partial charge in [0.25, 0.3) is 0 Å². The van der Waals surface area contributed by atoms with Crippen molar-refractivity contribution >= 4 is 43.5 Å². The summed E-state index contributed by atoms with van der Waals surface area (Å²) in [6.45, 7) is 1.72. The zero-order valence-electron chi connectivity index (χ0n) is 13.9. The molecule has 2 heterocycles. The van der Waals surface area contributed by atoms with Crippen molar-refractivity contribution in [3.05, 3.63) is 28.7 Å². The van der Waals surface area contributed by atoms with Crippen LogP contribution in [0.5, 0.6) is 0 Å². The monoisotopic (exact) mass is 429 g/mol. The van der Waals surface area contributed by atoms with Crippen molar-refractivity contribution in [2.75, 3.05) is 43.9 Å². The number of hydrogen-bond acceptors (Lipinski definition) is 4. The number of benzene rings is 1. The summed E-state index contributed by atoms with van der Waals surface area (Å²) < 4.78 is 25.4. The Bertz CT molecular complexity index is 773. The summed E-state index contributed by atoms with van der Waals surface area (Å²) in [5, 5.41) is 0. The maximum Gasteiger partial charge on any atom is 0.228 e. The molecule has 2 fully saturated rings. The molecule has 2 saturated heterocycles. The Hall–Kier alpha value is -1.45. The topological polar surface area (TPSA) is 78.0 Å². The minimum absolute atomic E-state index is 0.0598. The van der Waals surface area contributed by atoms with Gasteiger partial charge in [-0.2, -0.15) is 4.31 Å². The number of hydrogen-bond donors (Lipinski definition) is 0. The quantitative estimate of drug-likeness (QED) is 0.714. The molecule has 0 bridgehead atoms. The summed E-state index contributed by atoms with van der Waals surface area (Å²) in [6.07, 6.45) is 1.37. The van der Waals surface area contributed by atoms with Gasteiger partial charge in [-0.1, -0.05) is 15.9 Å². The van der Waals surface area contributed by atoms with Crippen molar-refractivity contribution in [1.29, 1.82) is 0 Å². The Morgan fingerprint density at radius 2 is 1.72 bits per heavy atom. The SMILES string of the molecule is CS(=O)(=O)N1CCN(C(=O)[C@H]2CC(=O)N(c3ccc(Br)cc3)C2)CC1. The van der Waals surface area contributed by atoms with Gasteiger partial charge in [0.15, 0.2) is 0 Å². The Kier molecular flexibility index (Phi) is 5.17. The number of halogens is 1.